The molecule has 0 bridgehead atoms. The molecule has 1 fully saturated rings. The molecule has 21 heavy (non-hydrogen) atoms. The summed E-state index contributed by atoms with van der Waals surface area (Å²) in [7, 11) is 0. The lowest BCUT2D eigenvalue weighted by Crippen LogP contribution is -2.42. The number of likely N-dealkylation sites (tertiary alicyclic amines) is 1. The number of nitrogens with zero attached hydrogens (tertiary/aromatic N) is 1. The zero-order valence-electron chi connectivity index (χ0n) is 12.6. The minimum atomic E-state index is -0.173. The second kappa shape index (κ2) is 7.43. The first kappa shape index (κ1) is 15.8. The maximum absolute atomic E-state index is 11.9. The van der Waals surface area contributed by atoms with E-state index in [1.54, 1.807) is 12.1 Å². The lowest BCUT2D eigenvalue weighted by Gasteiger charge is -2.34. The molecule has 2 rings (SSSR count). The SMILES string of the molecule is CC1CN(CCCC(=O)Nc2cccc(N)c2)CCC1O. The monoisotopic (exact) mass is 291 g/mol. The minimum Gasteiger partial charge on any atom is -0.399 e. The molecule has 2 atom stereocenters. The molecule has 0 aliphatic carbocycles. The highest BCUT2D eigenvalue weighted by Crippen LogP contribution is 2.17. The summed E-state index contributed by atoms with van der Waals surface area (Å²) in [5, 5.41) is 12.6. The second-order valence-corrected chi connectivity index (χ2v) is 5.91. The highest BCUT2D eigenvalue weighted by Gasteiger charge is 2.23. The summed E-state index contributed by atoms with van der Waals surface area (Å²) in [6, 6.07) is 7.21. The van der Waals surface area contributed by atoms with Crippen molar-refractivity contribution in [3.8, 4) is 0 Å². The molecule has 1 saturated heterocycles. The Kier molecular flexibility index (Phi) is 5.59. The van der Waals surface area contributed by atoms with Crippen LogP contribution in [0.2, 0.25) is 0 Å². The van der Waals surface area contributed by atoms with Gasteiger partial charge in [-0.15, -0.1) is 0 Å². The van der Waals surface area contributed by atoms with Crippen LogP contribution in [0.25, 0.3) is 0 Å². The number of carbonyl (C=O) groups is 1. The Morgan fingerprint density at radius 3 is 3.05 bits per heavy atom. The number of nitrogen functional groups attached to an aromatic ring is 1. The van der Waals surface area contributed by atoms with E-state index in [4.69, 9.17) is 5.73 Å². The zero-order valence-corrected chi connectivity index (χ0v) is 12.6. The molecule has 1 aliphatic heterocycles. The number of aliphatic hydroxyl groups is 1. The van der Waals surface area contributed by atoms with Crippen molar-refractivity contribution in [2.24, 2.45) is 5.92 Å². The molecule has 0 spiro atoms. The first-order chi connectivity index (χ1) is 10.0. The van der Waals surface area contributed by atoms with Crippen LogP contribution in [-0.2, 0) is 4.79 Å². The highest BCUT2D eigenvalue weighted by molar-refractivity contribution is 5.91. The number of hydrogen-bond donors (Lipinski definition) is 3. The number of rotatable bonds is 5. The molecular weight excluding hydrogens is 266 g/mol. The summed E-state index contributed by atoms with van der Waals surface area (Å²) in [4.78, 5) is 14.2. The quantitative estimate of drug-likeness (QED) is 0.721. The zero-order chi connectivity index (χ0) is 15.2. The summed E-state index contributed by atoms with van der Waals surface area (Å²) in [6.07, 6.45) is 1.99. The van der Waals surface area contributed by atoms with Crippen LogP contribution in [0.1, 0.15) is 26.2 Å². The summed E-state index contributed by atoms with van der Waals surface area (Å²) in [6.45, 7) is 4.81. The maximum Gasteiger partial charge on any atom is 0.224 e. The normalized spacial score (nSPS) is 23.0. The summed E-state index contributed by atoms with van der Waals surface area (Å²) >= 11 is 0. The molecule has 1 aliphatic rings. The highest BCUT2D eigenvalue weighted by atomic mass is 16.3. The Morgan fingerprint density at radius 2 is 2.33 bits per heavy atom. The number of piperidine rings is 1. The van der Waals surface area contributed by atoms with Crippen LogP contribution in [0, 0.1) is 5.92 Å². The molecule has 4 N–H and O–H groups in total. The first-order valence-corrected chi connectivity index (χ1v) is 7.60. The van der Waals surface area contributed by atoms with Gasteiger partial charge in [0.15, 0.2) is 0 Å². The molecular formula is C16H25N3O2. The van der Waals surface area contributed by atoms with Crippen molar-refractivity contribution in [2.75, 3.05) is 30.7 Å². The predicted octanol–water partition coefficient (Wildman–Crippen LogP) is 1.69. The van der Waals surface area contributed by atoms with Crippen molar-refractivity contribution >= 4 is 17.3 Å². The van der Waals surface area contributed by atoms with Gasteiger partial charge in [-0.2, -0.15) is 0 Å². The van der Waals surface area contributed by atoms with Crippen molar-refractivity contribution in [3.63, 3.8) is 0 Å². The van der Waals surface area contributed by atoms with Crippen molar-refractivity contribution in [2.45, 2.75) is 32.3 Å². The molecule has 116 valence electrons. The van der Waals surface area contributed by atoms with Gasteiger partial charge >= 0.3 is 0 Å². The average Bonchev–Trinajstić information content (AvgIpc) is 2.43. The van der Waals surface area contributed by atoms with E-state index >= 15 is 0 Å². The van der Waals surface area contributed by atoms with Gasteiger partial charge in [-0.25, -0.2) is 0 Å². The number of hydrogen-bond acceptors (Lipinski definition) is 4. The van der Waals surface area contributed by atoms with E-state index in [-0.39, 0.29) is 12.0 Å². The fourth-order valence-corrected chi connectivity index (χ4v) is 2.73. The topological polar surface area (TPSA) is 78.6 Å². The van der Waals surface area contributed by atoms with E-state index in [1.165, 1.54) is 0 Å². The fraction of sp³-hybridized carbons (Fsp3) is 0.562. The Bertz CT molecular complexity index is 478. The Labute approximate surface area is 126 Å². The van der Waals surface area contributed by atoms with Crippen LogP contribution in [0.4, 0.5) is 11.4 Å². The van der Waals surface area contributed by atoms with Crippen molar-refractivity contribution < 1.29 is 9.90 Å². The standard InChI is InChI=1S/C16H25N3O2/c1-12-11-19(9-7-15(12)20)8-3-6-16(21)18-14-5-2-4-13(17)10-14/h2,4-5,10,12,15,20H,3,6-9,11,17H2,1H3,(H,18,21). The summed E-state index contributed by atoms with van der Waals surface area (Å²) in [5.41, 5.74) is 7.07. The van der Waals surface area contributed by atoms with Crippen molar-refractivity contribution in [1.29, 1.82) is 0 Å². The third kappa shape index (κ3) is 5.02. The Morgan fingerprint density at radius 1 is 1.52 bits per heavy atom. The van der Waals surface area contributed by atoms with E-state index in [0.717, 1.165) is 38.2 Å². The molecule has 5 nitrogen and oxygen atoms in total. The largest absolute Gasteiger partial charge is 0.399 e. The number of amides is 1. The molecule has 5 heteroatoms. The smallest absolute Gasteiger partial charge is 0.224 e. The van der Waals surface area contributed by atoms with Gasteiger partial charge in [0, 0.05) is 30.9 Å². The van der Waals surface area contributed by atoms with Gasteiger partial charge in [-0.3, -0.25) is 4.79 Å². The first-order valence-electron chi connectivity index (χ1n) is 7.60. The number of nitrogens with one attached hydrogen (secondary N) is 1. The summed E-state index contributed by atoms with van der Waals surface area (Å²) < 4.78 is 0. The number of nitrogens with two attached hydrogens (primary N) is 1. The van der Waals surface area contributed by atoms with Crippen LogP contribution in [-0.4, -0.2) is 41.7 Å². The van der Waals surface area contributed by atoms with E-state index < -0.39 is 0 Å². The van der Waals surface area contributed by atoms with E-state index in [1.807, 2.05) is 12.1 Å². The molecule has 1 heterocycles. The second-order valence-electron chi connectivity index (χ2n) is 5.91. The van der Waals surface area contributed by atoms with Crippen LogP contribution in [0.15, 0.2) is 24.3 Å². The van der Waals surface area contributed by atoms with E-state index in [2.05, 4.69) is 17.1 Å². The summed E-state index contributed by atoms with van der Waals surface area (Å²) in [5.74, 6) is 0.338. The molecule has 1 aromatic rings. The third-order valence-corrected chi connectivity index (χ3v) is 3.99. The molecule has 0 radical (unpaired) electrons. The van der Waals surface area contributed by atoms with E-state index in [0.29, 0.717) is 18.0 Å². The number of aliphatic hydroxyl groups excluding tert-OH is 1. The predicted molar refractivity (Wildman–Crippen MR) is 84.9 cm³/mol. The Hall–Kier alpha value is -1.59. The fourth-order valence-electron chi connectivity index (χ4n) is 2.73. The van der Waals surface area contributed by atoms with Crippen LogP contribution in [0.5, 0.6) is 0 Å². The van der Waals surface area contributed by atoms with Crippen LogP contribution < -0.4 is 11.1 Å². The van der Waals surface area contributed by atoms with Gasteiger partial charge in [0.1, 0.15) is 0 Å². The van der Waals surface area contributed by atoms with Crippen LogP contribution >= 0.6 is 0 Å². The minimum absolute atomic E-state index is 0.0192. The third-order valence-electron chi connectivity index (χ3n) is 3.99. The van der Waals surface area contributed by atoms with Gasteiger partial charge in [-0.05, 0) is 43.5 Å². The van der Waals surface area contributed by atoms with Gasteiger partial charge in [-0.1, -0.05) is 13.0 Å². The molecule has 0 aromatic heterocycles. The van der Waals surface area contributed by atoms with Gasteiger partial charge < -0.3 is 21.1 Å². The number of benzene rings is 1. The lowest BCUT2D eigenvalue weighted by atomic mass is 9.96. The molecule has 1 aromatic carbocycles. The number of carbonyl (C=O) groups excluding carboxylic acids is 1. The van der Waals surface area contributed by atoms with Crippen molar-refractivity contribution in [1.82, 2.24) is 4.90 Å². The maximum atomic E-state index is 11.9. The van der Waals surface area contributed by atoms with Gasteiger partial charge in [0.2, 0.25) is 5.91 Å². The molecule has 1 amide bonds. The average molecular weight is 291 g/mol. The van der Waals surface area contributed by atoms with Gasteiger partial charge in [0.05, 0.1) is 6.10 Å². The van der Waals surface area contributed by atoms with Crippen molar-refractivity contribution in [3.05, 3.63) is 24.3 Å². The van der Waals surface area contributed by atoms with Gasteiger partial charge in [0.25, 0.3) is 0 Å². The number of anilines is 2. The Balaban J connectivity index is 1.68. The van der Waals surface area contributed by atoms with E-state index in [9.17, 15) is 9.90 Å². The molecule has 2 unspecified atom stereocenters. The van der Waals surface area contributed by atoms with Crippen LogP contribution in [0.3, 0.4) is 0 Å². The lowest BCUT2D eigenvalue weighted by molar-refractivity contribution is -0.116. The molecule has 0 saturated carbocycles.